The number of aromatic nitrogens is 4. The molecule has 24 rings (SSSR count). The lowest BCUT2D eigenvalue weighted by Crippen LogP contribution is -2.26. The normalized spacial score (nSPS) is 13.3. The number of nitrogens with zero attached hydrogens (tertiary/aromatic N) is 6. The van der Waals surface area contributed by atoms with Gasteiger partial charge in [-0.3, -0.25) is 0 Å². The van der Waals surface area contributed by atoms with Gasteiger partial charge in [0.2, 0.25) is 0 Å². The first-order valence-corrected chi connectivity index (χ1v) is 38.7. The first kappa shape index (κ1) is 62.3. The highest BCUT2D eigenvalue weighted by atomic mass is 15.2. The minimum Gasteiger partial charge on any atom is -0.310 e. The number of anilines is 6. The summed E-state index contributed by atoms with van der Waals surface area (Å²) in [5, 5.41) is 4.73. The van der Waals surface area contributed by atoms with E-state index in [-0.39, 0.29) is 0 Å². The van der Waals surface area contributed by atoms with Gasteiger partial charge in [0.05, 0.1) is 55.3 Å². The Morgan fingerprint density at radius 2 is 0.473 bits per heavy atom. The highest BCUT2D eigenvalue weighted by molar-refractivity contribution is 6.13. The summed E-state index contributed by atoms with van der Waals surface area (Å²) in [4.78, 5) is 15.7. The van der Waals surface area contributed by atoms with E-state index >= 15 is 0 Å². The van der Waals surface area contributed by atoms with E-state index in [4.69, 9.17) is 9.97 Å². The second-order valence-electron chi connectivity index (χ2n) is 30.2. The number of hydrogen-bond donors (Lipinski definition) is 0. The van der Waals surface area contributed by atoms with Crippen molar-refractivity contribution in [2.45, 2.75) is 10.8 Å². The van der Waals surface area contributed by atoms with E-state index in [1.54, 1.807) is 0 Å². The molecule has 112 heavy (non-hydrogen) atoms. The van der Waals surface area contributed by atoms with E-state index in [0.29, 0.717) is 0 Å². The topological polar surface area (TPSA) is 42.1 Å². The minimum absolute atomic E-state index is 0.456. The number of hydrogen-bond acceptors (Lipinski definition) is 4. The monoisotopic (exact) mass is 1420 g/mol. The number of para-hydroxylation sites is 6. The summed E-state index contributed by atoms with van der Waals surface area (Å²) in [6, 6.07) is 148. The minimum atomic E-state index is -0.456. The molecule has 6 heteroatoms. The Hall–Kier alpha value is -14.7. The lowest BCUT2D eigenvalue weighted by Gasteiger charge is -2.30. The quantitative estimate of drug-likeness (QED) is 0.137. The molecular weight excluding hydrogens is 1360 g/mol. The molecule has 0 saturated heterocycles. The van der Waals surface area contributed by atoms with Crippen molar-refractivity contribution in [1.82, 2.24) is 19.1 Å². The molecule has 0 unspecified atom stereocenters. The van der Waals surface area contributed by atoms with E-state index < -0.39 is 10.8 Å². The highest BCUT2D eigenvalue weighted by Crippen LogP contribution is 2.65. The van der Waals surface area contributed by atoms with Crippen LogP contribution in [0.3, 0.4) is 0 Å². The maximum atomic E-state index is 5.48. The summed E-state index contributed by atoms with van der Waals surface area (Å²) in [6.45, 7) is 0. The SMILES string of the molecule is c1ccc(N(c2ccc(-c3nc4ccccc4nc3-c3ccc(N(c4ccccc4)c4ccc5c(c4)c4ccccc4n5-c4ccc5c(c4)C4(c6ccccc6-c6ccccc64)c4ccccc4-5)cc3)cc2)c2ccc3c(c2)c2ccccc2n3-c2ccc3c(c2)C2(c4ccccc4-c4ccccc42)c2ccccc2-3)cc1. The second kappa shape index (κ2) is 23.9. The first-order valence-electron chi connectivity index (χ1n) is 38.7. The van der Waals surface area contributed by atoms with Gasteiger partial charge >= 0.3 is 0 Å². The third kappa shape index (κ3) is 8.68. The molecule has 17 aromatic carbocycles. The number of benzene rings is 17. The zero-order valence-electron chi connectivity index (χ0n) is 60.8. The van der Waals surface area contributed by atoms with Crippen molar-refractivity contribution in [2.24, 2.45) is 0 Å². The largest absolute Gasteiger partial charge is 0.310 e. The zero-order chi connectivity index (χ0) is 73.3. The van der Waals surface area contributed by atoms with Crippen molar-refractivity contribution < 1.29 is 0 Å². The third-order valence-electron chi connectivity index (χ3n) is 24.7. The van der Waals surface area contributed by atoms with Gasteiger partial charge in [-0.05, 0) is 222 Å². The molecule has 520 valence electrons. The first-order chi connectivity index (χ1) is 55.6. The lowest BCUT2D eigenvalue weighted by atomic mass is 9.70. The summed E-state index contributed by atoms with van der Waals surface area (Å²) in [5.41, 5.74) is 38.5. The van der Waals surface area contributed by atoms with Gasteiger partial charge in [-0.1, -0.05) is 267 Å². The van der Waals surface area contributed by atoms with Gasteiger partial charge in [0, 0.05) is 78.2 Å². The molecule has 2 spiro atoms. The molecule has 0 N–H and O–H groups in total. The fraction of sp³-hybridized carbons (Fsp3) is 0.0189. The van der Waals surface area contributed by atoms with Crippen molar-refractivity contribution in [3.63, 3.8) is 0 Å². The molecule has 0 radical (unpaired) electrons. The molecule has 6 nitrogen and oxygen atoms in total. The Morgan fingerprint density at radius 1 is 0.196 bits per heavy atom. The lowest BCUT2D eigenvalue weighted by molar-refractivity contribution is 0.792. The van der Waals surface area contributed by atoms with Gasteiger partial charge in [-0.25, -0.2) is 9.97 Å². The van der Waals surface area contributed by atoms with Crippen LogP contribution in [0.25, 0.3) is 133 Å². The zero-order valence-corrected chi connectivity index (χ0v) is 60.8. The third-order valence-corrected chi connectivity index (χ3v) is 24.7. The summed E-state index contributed by atoms with van der Waals surface area (Å²) in [6.07, 6.45) is 0. The predicted octanol–water partition coefficient (Wildman–Crippen LogP) is 26.8. The van der Waals surface area contributed by atoms with Gasteiger partial charge in [-0.2, -0.15) is 0 Å². The fourth-order valence-electron chi connectivity index (χ4n) is 20.2. The summed E-state index contributed by atoms with van der Waals surface area (Å²) < 4.78 is 4.96. The summed E-state index contributed by atoms with van der Waals surface area (Å²) in [5.74, 6) is 0. The Morgan fingerprint density at radius 3 is 0.830 bits per heavy atom. The predicted molar refractivity (Wildman–Crippen MR) is 461 cm³/mol. The van der Waals surface area contributed by atoms with Crippen LogP contribution in [0.5, 0.6) is 0 Å². The van der Waals surface area contributed by atoms with E-state index in [1.165, 1.54) is 111 Å². The van der Waals surface area contributed by atoms with Crippen molar-refractivity contribution in [1.29, 1.82) is 0 Å². The Labute approximate surface area is 647 Å². The average molecular weight is 1420 g/mol. The van der Waals surface area contributed by atoms with Gasteiger partial charge in [-0.15, -0.1) is 0 Å². The standard InChI is InChI=1S/C106H66N6/c1-3-25-69(26-4-1)109(73-57-61-101-87(63-73)85-35-13-23-45-99(85)111(101)75-55-59-83-81-33-11-19-41-93(81)105(95(83)65-75)89-37-15-7-29-77(89)78-30-8-16-38-90(78)105)71-51-47-67(48-52-71)103-104(108-98-44-22-21-43-97(98)107-103)68-49-53-72(54-50-68)110(70-27-5-2-6-28-70)74-58-62-102-88(64-74)86-36-14-24-46-100(86)112(102)76-56-60-84-82-34-12-20-42-94(82)106(96(84)66-76)91-39-17-9-31-79(91)80-32-10-18-40-92(80)106/h1-66H. The molecule has 4 aliphatic carbocycles. The highest BCUT2D eigenvalue weighted by Gasteiger charge is 2.53. The Bertz CT molecular complexity index is 6770. The van der Waals surface area contributed by atoms with Gasteiger partial charge in [0.1, 0.15) is 0 Å². The summed E-state index contributed by atoms with van der Waals surface area (Å²) >= 11 is 0. The molecule has 0 atom stereocenters. The molecule has 0 bridgehead atoms. The van der Waals surface area contributed by atoms with E-state index in [0.717, 1.165) is 101 Å². The Kier molecular flexibility index (Phi) is 13.3. The molecule has 3 aromatic heterocycles. The van der Waals surface area contributed by atoms with E-state index in [1.807, 2.05) is 12.1 Å². The molecular formula is C106H66N6. The second-order valence-corrected chi connectivity index (χ2v) is 30.2. The van der Waals surface area contributed by atoms with Crippen LogP contribution in [-0.2, 0) is 10.8 Å². The van der Waals surface area contributed by atoms with Crippen LogP contribution in [-0.4, -0.2) is 19.1 Å². The van der Waals surface area contributed by atoms with Crippen LogP contribution in [0.2, 0.25) is 0 Å². The smallest absolute Gasteiger partial charge is 0.0973 e. The molecule has 20 aromatic rings. The van der Waals surface area contributed by atoms with Crippen LogP contribution in [0.4, 0.5) is 34.1 Å². The van der Waals surface area contributed by atoms with Crippen LogP contribution in [0.1, 0.15) is 44.5 Å². The maximum absolute atomic E-state index is 5.48. The van der Waals surface area contributed by atoms with E-state index in [2.05, 4.69) is 407 Å². The van der Waals surface area contributed by atoms with Crippen molar-refractivity contribution in [3.8, 4) is 78.4 Å². The maximum Gasteiger partial charge on any atom is 0.0973 e. The number of fused-ring (bicyclic) bond motifs is 27. The van der Waals surface area contributed by atoms with Gasteiger partial charge in [0.25, 0.3) is 0 Å². The average Bonchev–Trinajstić information content (AvgIpc) is 1.51. The number of rotatable bonds is 10. The molecule has 0 fully saturated rings. The van der Waals surface area contributed by atoms with Gasteiger partial charge in [0.15, 0.2) is 0 Å². The van der Waals surface area contributed by atoms with Crippen molar-refractivity contribution >= 4 is 88.8 Å². The fourth-order valence-corrected chi connectivity index (χ4v) is 20.2. The Balaban J connectivity index is 0.588. The molecule has 0 saturated carbocycles. The molecule has 0 amide bonds. The molecule has 4 aliphatic rings. The van der Waals surface area contributed by atoms with Crippen molar-refractivity contribution in [3.05, 3.63) is 445 Å². The van der Waals surface area contributed by atoms with Crippen LogP contribution < -0.4 is 9.80 Å². The van der Waals surface area contributed by atoms with Crippen LogP contribution in [0.15, 0.2) is 400 Å². The van der Waals surface area contributed by atoms with E-state index in [9.17, 15) is 0 Å². The molecule has 0 aliphatic heterocycles. The summed E-state index contributed by atoms with van der Waals surface area (Å²) in [7, 11) is 0. The van der Waals surface area contributed by atoms with Gasteiger partial charge < -0.3 is 18.9 Å². The van der Waals surface area contributed by atoms with Crippen LogP contribution >= 0.6 is 0 Å². The van der Waals surface area contributed by atoms with Crippen molar-refractivity contribution in [2.75, 3.05) is 9.80 Å². The van der Waals surface area contributed by atoms with Crippen LogP contribution in [0, 0.1) is 0 Å². The molecule has 3 heterocycles.